The molecule has 1 saturated heterocycles. The van der Waals surface area contributed by atoms with Gasteiger partial charge in [-0.15, -0.1) is 12.4 Å². The lowest BCUT2D eigenvalue weighted by Crippen LogP contribution is -2.46. The van der Waals surface area contributed by atoms with Crippen molar-refractivity contribution in [3.05, 3.63) is 62.5 Å². The number of hydrogen-bond donors (Lipinski definition) is 0. The molecule has 0 aliphatic carbocycles. The molecule has 0 saturated carbocycles. The summed E-state index contributed by atoms with van der Waals surface area (Å²) < 4.78 is 6.37. The van der Waals surface area contributed by atoms with Crippen LogP contribution in [0.5, 0.6) is 0 Å². The summed E-state index contributed by atoms with van der Waals surface area (Å²) in [5.74, 6) is 0.684. The second-order valence-electron chi connectivity index (χ2n) is 8.31. The number of fused-ring (bicyclic) bond motifs is 3. The van der Waals surface area contributed by atoms with Crippen molar-refractivity contribution in [1.82, 2.24) is 28.0 Å². The van der Waals surface area contributed by atoms with Gasteiger partial charge in [0.1, 0.15) is 0 Å². The zero-order chi connectivity index (χ0) is 22.4. The van der Waals surface area contributed by atoms with E-state index in [0.29, 0.717) is 16.9 Å². The highest BCUT2D eigenvalue weighted by atomic mass is 35.5. The molecular weight excluding hydrogens is 465 g/mol. The smallest absolute Gasteiger partial charge is 0.332 e. The Hall–Kier alpha value is -2.75. The third-order valence-electron chi connectivity index (χ3n) is 6.34. The molecule has 176 valence electrons. The molecule has 11 heteroatoms. The molecule has 1 fully saturated rings. The van der Waals surface area contributed by atoms with E-state index in [4.69, 9.17) is 11.6 Å². The van der Waals surface area contributed by atoms with Crippen molar-refractivity contribution in [1.29, 1.82) is 0 Å². The number of halogens is 2. The van der Waals surface area contributed by atoms with Crippen LogP contribution >= 0.6 is 24.0 Å². The van der Waals surface area contributed by atoms with Crippen LogP contribution in [0, 0.1) is 0 Å². The van der Waals surface area contributed by atoms with E-state index in [1.54, 1.807) is 11.4 Å². The second-order valence-corrected chi connectivity index (χ2v) is 8.75. The fraction of sp³-hybridized carbons (Fsp3) is 0.409. The molecule has 9 nitrogen and oxygen atoms in total. The second kappa shape index (κ2) is 9.24. The van der Waals surface area contributed by atoms with Crippen molar-refractivity contribution in [2.24, 2.45) is 14.1 Å². The fourth-order valence-electron chi connectivity index (χ4n) is 4.50. The molecular formula is C22H27Cl2N7O2. The SMILES string of the molecule is Cl.Cn1c(=O)c2c(nc3n(CCCN4CCN(c5cccc(Cl)c5)CC4)ccn23)n(C)c1=O. The maximum Gasteiger partial charge on any atom is 0.332 e. The highest BCUT2D eigenvalue weighted by molar-refractivity contribution is 6.30. The summed E-state index contributed by atoms with van der Waals surface area (Å²) >= 11 is 6.13. The van der Waals surface area contributed by atoms with E-state index in [0.717, 1.165) is 55.3 Å². The lowest BCUT2D eigenvalue weighted by Gasteiger charge is -2.36. The van der Waals surface area contributed by atoms with Crippen molar-refractivity contribution in [2.75, 3.05) is 37.6 Å². The van der Waals surface area contributed by atoms with Gasteiger partial charge in [0, 0.05) is 69.9 Å². The molecule has 1 aliphatic heterocycles. The van der Waals surface area contributed by atoms with E-state index in [1.165, 1.54) is 17.3 Å². The van der Waals surface area contributed by atoms with Crippen molar-refractivity contribution in [2.45, 2.75) is 13.0 Å². The number of piperazine rings is 1. The highest BCUT2D eigenvalue weighted by Gasteiger charge is 2.19. The topological polar surface area (TPSA) is 72.7 Å². The van der Waals surface area contributed by atoms with Crippen LogP contribution in [0.1, 0.15) is 6.42 Å². The molecule has 5 rings (SSSR count). The molecule has 1 aromatic carbocycles. The van der Waals surface area contributed by atoms with Crippen LogP contribution in [-0.2, 0) is 20.6 Å². The molecule has 0 atom stereocenters. The van der Waals surface area contributed by atoms with Gasteiger partial charge < -0.3 is 9.47 Å². The molecule has 3 aromatic heterocycles. The Kier molecular flexibility index (Phi) is 6.56. The Bertz CT molecular complexity index is 1410. The fourth-order valence-corrected chi connectivity index (χ4v) is 4.69. The summed E-state index contributed by atoms with van der Waals surface area (Å²) in [7, 11) is 3.14. The monoisotopic (exact) mass is 491 g/mol. The van der Waals surface area contributed by atoms with Gasteiger partial charge in [-0.25, -0.2) is 4.79 Å². The van der Waals surface area contributed by atoms with Gasteiger partial charge in [0.15, 0.2) is 11.2 Å². The number of aromatic nitrogens is 5. The van der Waals surface area contributed by atoms with E-state index in [2.05, 4.69) is 20.9 Å². The maximum absolute atomic E-state index is 12.6. The average Bonchev–Trinajstić information content (AvgIpc) is 3.37. The van der Waals surface area contributed by atoms with Crippen LogP contribution in [0.3, 0.4) is 0 Å². The zero-order valence-corrected chi connectivity index (χ0v) is 20.2. The number of aryl methyl sites for hydroxylation is 2. The van der Waals surface area contributed by atoms with Crippen molar-refractivity contribution >= 4 is 46.6 Å². The third-order valence-corrected chi connectivity index (χ3v) is 6.58. The molecule has 0 unspecified atom stereocenters. The van der Waals surface area contributed by atoms with Crippen molar-refractivity contribution < 1.29 is 0 Å². The summed E-state index contributed by atoms with van der Waals surface area (Å²) in [4.78, 5) is 34.3. The largest absolute Gasteiger partial charge is 0.369 e. The summed E-state index contributed by atoms with van der Waals surface area (Å²) in [6.45, 7) is 5.78. The van der Waals surface area contributed by atoms with Crippen LogP contribution in [0.4, 0.5) is 5.69 Å². The molecule has 0 amide bonds. The minimum absolute atomic E-state index is 0. The van der Waals surface area contributed by atoms with Crippen LogP contribution < -0.4 is 16.1 Å². The highest BCUT2D eigenvalue weighted by Crippen LogP contribution is 2.21. The minimum Gasteiger partial charge on any atom is -0.369 e. The van der Waals surface area contributed by atoms with E-state index in [1.807, 2.05) is 35.2 Å². The first-order chi connectivity index (χ1) is 15.4. The van der Waals surface area contributed by atoms with Gasteiger partial charge >= 0.3 is 5.69 Å². The maximum atomic E-state index is 12.6. The molecule has 4 heterocycles. The van der Waals surface area contributed by atoms with Crippen LogP contribution in [-0.4, -0.2) is 60.7 Å². The van der Waals surface area contributed by atoms with Gasteiger partial charge in [0.25, 0.3) is 5.56 Å². The molecule has 0 radical (unpaired) electrons. The first-order valence-electron chi connectivity index (χ1n) is 10.8. The molecule has 33 heavy (non-hydrogen) atoms. The Morgan fingerprint density at radius 2 is 1.76 bits per heavy atom. The number of imidazole rings is 2. The van der Waals surface area contributed by atoms with Gasteiger partial charge in [0.05, 0.1) is 0 Å². The van der Waals surface area contributed by atoms with E-state index in [-0.39, 0.29) is 23.7 Å². The summed E-state index contributed by atoms with van der Waals surface area (Å²) in [5.41, 5.74) is 1.33. The summed E-state index contributed by atoms with van der Waals surface area (Å²) in [6, 6.07) is 8.02. The van der Waals surface area contributed by atoms with Gasteiger partial charge in [-0.2, -0.15) is 4.98 Å². The van der Waals surface area contributed by atoms with Crippen LogP contribution in [0.25, 0.3) is 16.9 Å². The van der Waals surface area contributed by atoms with Crippen LogP contribution in [0.15, 0.2) is 46.2 Å². The van der Waals surface area contributed by atoms with E-state index >= 15 is 0 Å². The number of hydrogen-bond acceptors (Lipinski definition) is 5. The molecule has 0 spiro atoms. The normalized spacial score (nSPS) is 14.8. The molecule has 1 aliphatic rings. The molecule has 0 bridgehead atoms. The number of nitrogens with zero attached hydrogens (tertiary/aromatic N) is 7. The number of benzene rings is 1. The Morgan fingerprint density at radius 1 is 1.00 bits per heavy atom. The molecule has 4 aromatic rings. The van der Waals surface area contributed by atoms with Gasteiger partial charge in [-0.05, 0) is 31.2 Å². The van der Waals surface area contributed by atoms with E-state index < -0.39 is 0 Å². The predicted octanol–water partition coefficient (Wildman–Crippen LogP) is 1.97. The Morgan fingerprint density at radius 3 is 2.48 bits per heavy atom. The first-order valence-corrected chi connectivity index (χ1v) is 11.2. The van der Waals surface area contributed by atoms with Gasteiger partial charge in [-0.3, -0.25) is 23.2 Å². The Labute approximate surface area is 201 Å². The Balaban J connectivity index is 0.00000259. The van der Waals surface area contributed by atoms with Crippen molar-refractivity contribution in [3.8, 4) is 0 Å². The quantitative estimate of drug-likeness (QED) is 0.426. The lowest BCUT2D eigenvalue weighted by atomic mass is 10.2. The van der Waals surface area contributed by atoms with Gasteiger partial charge in [-0.1, -0.05) is 17.7 Å². The average molecular weight is 492 g/mol. The zero-order valence-electron chi connectivity index (χ0n) is 18.6. The lowest BCUT2D eigenvalue weighted by molar-refractivity contribution is 0.251. The first kappa shape index (κ1) is 23.4. The minimum atomic E-state index is -0.369. The van der Waals surface area contributed by atoms with Crippen LogP contribution in [0.2, 0.25) is 5.02 Å². The predicted molar refractivity (Wildman–Crippen MR) is 133 cm³/mol. The van der Waals surface area contributed by atoms with E-state index in [9.17, 15) is 9.59 Å². The molecule has 0 N–H and O–H groups in total. The number of rotatable bonds is 5. The standard InChI is InChI=1S/C22H26ClN7O2.ClH/c1-25-19-18(20(31)26(2)22(25)32)30-14-13-29(21(30)24-19)8-4-7-27-9-11-28(12-10-27)17-6-3-5-16(23)15-17;/h3,5-6,13-15H,4,7-12H2,1-2H3;1H. The third kappa shape index (κ3) is 4.16. The van der Waals surface area contributed by atoms with Gasteiger partial charge in [0.2, 0.25) is 5.78 Å². The summed E-state index contributed by atoms with van der Waals surface area (Å²) in [6.07, 6.45) is 4.77. The number of anilines is 1. The van der Waals surface area contributed by atoms with Crippen molar-refractivity contribution in [3.63, 3.8) is 0 Å². The summed E-state index contributed by atoms with van der Waals surface area (Å²) in [5, 5.41) is 0.771.